The zero-order chi connectivity index (χ0) is 11.4. The maximum atomic E-state index is 10.7. The number of carboxylic acid groups (broad SMARTS) is 1. The maximum absolute atomic E-state index is 10.7. The second kappa shape index (κ2) is 4.98. The third-order valence-electron chi connectivity index (χ3n) is 1.93. The van der Waals surface area contributed by atoms with Crippen LogP contribution in [-0.2, 0) is 15.8 Å². The number of rotatable bonds is 4. The van der Waals surface area contributed by atoms with Crippen molar-refractivity contribution in [3.63, 3.8) is 0 Å². The van der Waals surface area contributed by atoms with E-state index in [1.165, 1.54) is 12.1 Å². The zero-order valence-corrected chi connectivity index (χ0v) is 8.72. The van der Waals surface area contributed by atoms with Gasteiger partial charge >= 0.3 is 14.0 Å². The molecule has 0 spiro atoms. The van der Waals surface area contributed by atoms with Crippen molar-refractivity contribution in [2.45, 2.75) is 12.5 Å². The fraction of sp³-hybridized carbons (Fsp3) is 0.222. The number of aliphatic carboxylic acids is 1. The molecule has 0 aliphatic rings. The summed E-state index contributed by atoms with van der Waals surface area (Å²) >= 11 is 0. The number of carboxylic acids is 1. The van der Waals surface area contributed by atoms with Crippen molar-refractivity contribution >= 4 is 19.3 Å². The highest BCUT2D eigenvalue weighted by Gasteiger charge is 2.16. The summed E-state index contributed by atoms with van der Waals surface area (Å²) in [5.41, 5.74) is 6.07. The molecule has 0 saturated heterocycles. The lowest BCUT2D eigenvalue weighted by Gasteiger charge is -2.05. The van der Waals surface area contributed by atoms with Gasteiger partial charge in [0.1, 0.15) is 6.04 Å². The maximum Gasteiger partial charge on any atom is 0.546 e. The van der Waals surface area contributed by atoms with Gasteiger partial charge in [0, 0.05) is 0 Å². The lowest BCUT2D eigenvalue weighted by molar-refractivity contribution is -0.138. The van der Waals surface area contributed by atoms with E-state index in [1.807, 2.05) is 0 Å². The van der Waals surface area contributed by atoms with Gasteiger partial charge in [0.05, 0.1) is 0 Å². The topological polar surface area (TPSA) is 101 Å². The Morgan fingerprint density at radius 1 is 1.40 bits per heavy atom. The summed E-state index contributed by atoms with van der Waals surface area (Å²) in [6.07, 6.45) is 0.206. The molecule has 1 aromatic rings. The Labute approximate surface area is 87.4 Å². The Kier molecular flexibility index (Phi) is 3.91. The van der Waals surface area contributed by atoms with E-state index in [1.54, 1.807) is 12.1 Å². The van der Waals surface area contributed by atoms with Crippen molar-refractivity contribution < 1.29 is 19.4 Å². The van der Waals surface area contributed by atoms with Crippen molar-refractivity contribution in [3.8, 4) is 0 Å². The second-order valence-electron chi connectivity index (χ2n) is 3.09. The molecule has 1 rings (SSSR count). The number of carbonyl (C=O) groups is 1. The van der Waals surface area contributed by atoms with Crippen molar-refractivity contribution in [1.82, 2.24) is 0 Å². The van der Waals surface area contributed by atoms with Gasteiger partial charge in [-0.15, -0.1) is 0 Å². The molecule has 0 aliphatic heterocycles. The summed E-state index contributed by atoms with van der Waals surface area (Å²) in [7, 11) is -2.34. The van der Waals surface area contributed by atoms with Crippen LogP contribution in [-0.4, -0.2) is 22.0 Å². The smallest absolute Gasteiger partial charge is 0.480 e. The van der Waals surface area contributed by atoms with Crippen molar-refractivity contribution in [2.75, 3.05) is 0 Å². The zero-order valence-electron chi connectivity index (χ0n) is 7.83. The van der Waals surface area contributed by atoms with Crippen LogP contribution >= 0.6 is 8.03 Å². The van der Waals surface area contributed by atoms with Crippen LogP contribution < -0.4 is 11.0 Å². The molecule has 4 N–H and O–H groups in total. The summed E-state index contributed by atoms with van der Waals surface area (Å²) in [5.74, 6) is -1.06. The molecule has 0 heterocycles. The minimum Gasteiger partial charge on any atom is -0.480 e. The first-order valence-corrected chi connectivity index (χ1v) is 5.45. The molecule has 0 fully saturated rings. The molecular formula is C9H11NO4P+. The lowest BCUT2D eigenvalue weighted by Crippen LogP contribution is -2.32. The van der Waals surface area contributed by atoms with Crippen LogP contribution in [0.2, 0.25) is 0 Å². The van der Waals surface area contributed by atoms with Gasteiger partial charge in [0.15, 0.2) is 0 Å². The Morgan fingerprint density at radius 2 is 1.93 bits per heavy atom. The third-order valence-corrected chi connectivity index (χ3v) is 2.67. The fourth-order valence-corrected chi connectivity index (χ4v) is 1.50. The number of benzene rings is 1. The van der Waals surface area contributed by atoms with Gasteiger partial charge in [-0.25, -0.2) is 0 Å². The van der Waals surface area contributed by atoms with E-state index in [4.69, 9.17) is 15.7 Å². The summed E-state index contributed by atoms with van der Waals surface area (Å²) in [6.45, 7) is 0. The van der Waals surface area contributed by atoms with Crippen molar-refractivity contribution in [1.29, 1.82) is 0 Å². The Hall–Kier alpha value is -1.29. The van der Waals surface area contributed by atoms with E-state index in [0.29, 0.717) is 5.30 Å². The average Bonchev–Trinajstić information content (AvgIpc) is 2.18. The first-order valence-electron chi connectivity index (χ1n) is 4.24. The predicted molar refractivity (Wildman–Crippen MR) is 55.2 cm³/mol. The highest BCUT2D eigenvalue weighted by Crippen LogP contribution is 2.13. The fourth-order valence-electron chi connectivity index (χ4n) is 1.10. The summed E-state index contributed by atoms with van der Waals surface area (Å²) in [4.78, 5) is 19.2. The van der Waals surface area contributed by atoms with Crippen LogP contribution in [0.4, 0.5) is 0 Å². The highest BCUT2D eigenvalue weighted by molar-refractivity contribution is 7.47. The van der Waals surface area contributed by atoms with Crippen molar-refractivity contribution in [2.24, 2.45) is 5.73 Å². The predicted octanol–water partition coefficient (Wildman–Crippen LogP) is 0.00100. The van der Waals surface area contributed by atoms with E-state index in [9.17, 15) is 9.36 Å². The molecule has 1 aromatic carbocycles. The molecule has 15 heavy (non-hydrogen) atoms. The van der Waals surface area contributed by atoms with E-state index in [0.717, 1.165) is 5.56 Å². The van der Waals surface area contributed by atoms with E-state index in [-0.39, 0.29) is 6.42 Å². The summed E-state index contributed by atoms with van der Waals surface area (Å²) in [5, 5.41) is 8.89. The first-order chi connectivity index (χ1) is 7.00. The van der Waals surface area contributed by atoms with Gasteiger partial charge in [-0.2, -0.15) is 4.89 Å². The normalized spacial score (nSPS) is 13.3. The average molecular weight is 228 g/mol. The molecule has 0 saturated carbocycles. The molecule has 0 bridgehead atoms. The first kappa shape index (κ1) is 11.8. The molecule has 5 nitrogen and oxygen atoms in total. The van der Waals surface area contributed by atoms with Crippen LogP contribution in [0.1, 0.15) is 5.56 Å². The van der Waals surface area contributed by atoms with Gasteiger partial charge in [-0.3, -0.25) is 4.79 Å². The van der Waals surface area contributed by atoms with E-state index >= 15 is 0 Å². The molecule has 0 aromatic heterocycles. The molecule has 0 aliphatic carbocycles. The monoisotopic (exact) mass is 228 g/mol. The summed E-state index contributed by atoms with van der Waals surface area (Å²) in [6, 6.07) is 5.23. The quantitative estimate of drug-likeness (QED) is 0.630. The SMILES string of the molecule is N[C@@H](Cc1ccc([P+](=O)O)cc1)C(=O)O. The van der Waals surface area contributed by atoms with Gasteiger partial charge in [-0.1, -0.05) is 12.1 Å². The molecule has 0 amide bonds. The largest absolute Gasteiger partial charge is 0.546 e. The van der Waals surface area contributed by atoms with Gasteiger partial charge in [-0.05, 0) is 28.7 Å². The highest BCUT2D eigenvalue weighted by atomic mass is 31.1. The van der Waals surface area contributed by atoms with Crippen LogP contribution in [0.15, 0.2) is 24.3 Å². The number of hydrogen-bond acceptors (Lipinski definition) is 3. The molecular weight excluding hydrogens is 217 g/mol. The number of hydrogen-bond donors (Lipinski definition) is 3. The van der Waals surface area contributed by atoms with Crippen LogP contribution in [0.3, 0.4) is 0 Å². The van der Waals surface area contributed by atoms with Gasteiger partial charge in [0.25, 0.3) is 0 Å². The molecule has 80 valence electrons. The minimum atomic E-state index is -2.34. The number of nitrogens with two attached hydrogens (primary N) is 1. The standard InChI is InChI=1S/C9H10NO4P/c10-8(9(11)12)5-6-1-3-7(4-2-6)15(13)14/h1-4,8H,5,10H2,(H-,11,12,13,14)/p+1/t8-/m0/s1. The molecule has 6 heteroatoms. The van der Waals surface area contributed by atoms with E-state index in [2.05, 4.69) is 0 Å². The Balaban J connectivity index is 2.72. The van der Waals surface area contributed by atoms with Gasteiger partial charge < -0.3 is 10.8 Å². The molecule has 1 unspecified atom stereocenters. The van der Waals surface area contributed by atoms with Crippen LogP contribution in [0.25, 0.3) is 0 Å². The van der Waals surface area contributed by atoms with Gasteiger partial charge in [0.2, 0.25) is 5.30 Å². The Morgan fingerprint density at radius 3 is 2.33 bits per heavy atom. The summed E-state index contributed by atoms with van der Waals surface area (Å²) < 4.78 is 10.7. The van der Waals surface area contributed by atoms with Crippen LogP contribution in [0.5, 0.6) is 0 Å². The second-order valence-corrected chi connectivity index (χ2v) is 4.15. The lowest BCUT2D eigenvalue weighted by atomic mass is 10.1. The van der Waals surface area contributed by atoms with E-state index < -0.39 is 20.0 Å². The van der Waals surface area contributed by atoms with Crippen LogP contribution in [0, 0.1) is 0 Å². The molecule has 0 radical (unpaired) electrons. The molecule has 2 atom stereocenters. The third kappa shape index (κ3) is 3.40. The minimum absolute atomic E-state index is 0.206. The Bertz CT molecular complexity index is 376. The van der Waals surface area contributed by atoms with Crippen molar-refractivity contribution in [3.05, 3.63) is 29.8 Å².